The van der Waals surface area contributed by atoms with Gasteiger partial charge in [-0.1, -0.05) is 76.3 Å². The van der Waals surface area contributed by atoms with E-state index in [9.17, 15) is 0 Å². The van der Waals surface area contributed by atoms with E-state index in [4.69, 9.17) is 11.6 Å². The van der Waals surface area contributed by atoms with Crippen molar-refractivity contribution in [3.05, 3.63) is 33.3 Å². The predicted molar refractivity (Wildman–Crippen MR) is 101 cm³/mol. The molecule has 1 heteroatoms. The summed E-state index contributed by atoms with van der Waals surface area (Å²) < 4.78 is 0. The van der Waals surface area contributed by atoms with Crippen molar-refractivity contribution in [2.75, 3.05) is 0 Å². The monoisotopic (exact) mass is 322 g/mol. The number of halogens is 1. The molecule has 1 aromatic rings. The average molecular weight is 323 g/mol. The summed E-state index contributed by atoms with van der Waals surface area (Å²) in [4.78, 5) is 0. The molecule has 0 radical (unpaired) electrons. The molecule has 0 atom stereocenters. The summed E-state index contributed by atoms with van der Waals surface area (Å²) in [5.74, 6) is 0. The molecule has 1 rings (SSSR count). The SMILES string of the molecule is CCCCCCCCCCCCc1c(C)c(C)cc(Cl)c1C. The Bertz CT molecular complexity index is 408. The van der Waals surface area contributed by atoms with Crippen molar-refractivity contribution in [2.45, 2.75) is 98.3 Å². The van der Waals surface area contributed by atoms with E-state index < -0.39 is 0 Å². The van der Waals surface area contributed by atoms with Gasteiger partial charge in [0.05, 0.1) is 0 Å². The first-order valence-electron chi connectivity index (χ1n) is 9.33. The lowest BCUT2D eigenvalue weighted by Gasteiger charge is -2.14. The standard InChI is InChI=1S/C21H35Cl/c1-5-6-7-8-9-10-11-12-13-14-15-20-18(3)17(2)16-21(22)19(20)4/h16H,5-15H2,1-4H3. The van der Waals surface area contributed by atoms with Crippen molar-refractivity contribution < 1.29 is 0 Å². The van der Waals surface area contributed by atoms with E-state index >= 15 is 0 Å². The molecule has 0 spiro atoms. The van der Waals surface area contributed by atoms with Crippen LogP contribution in [-0.2, 0) is 6.42 Å². The maximum atomic E-state index is 6.32. The Labute approximate surface area is 143 Å². The van der Waals surface area contributed by atoms with Crippen LogP contribution in [0.1, 0.15) is 93.4 Å². The highest BCUT2D eigenvalue weighted by Crippen LogP contribution is 2.27. The second kappa shape index (κ2) is 11.1. The second-order valence-electron chi connectivity index (χ2n) is 6.84. The summed E-state index contributed by atoms with van der Waals surface area (Å²) in [6.07, 6.45) is 15.2. The van der Waals surface area contributed by atoms with Crippen LogP contribution in [-0.4, -0.2) is 0 Å². The number of unbranched alkanes of at least 4 members (excludes halogenated alkanes) is 9. The van der Waals surface area contributed by atoms with Gasteiger partial charge in [0.15, 0.2) is 0 Å². The molecular weight excluding hydrogens is 288 g/mol. The van der Waals surface area contributed by atoms with Crippen molar-refractivity contribution in [2.24, 2.45) is 0 Å². The molecule has 0 nitrogen and oxygen atoms in total. The van der Waals surface area contributed by atoms with Gasteiger partial charge in [-0.05, 0) is 61.9 Å². The minimum atomic E-state index is 0.935. The largest absolute Gasteiger partial charge is 0.0840 e. The molecule has 0 aromatic heterocycles. The van der Waals surface area contributed by atoms with E-state index in [0.717, 1.165) is 5.02 Å². The third kappa shape index (κ3) is 6.73. The Hall–Kier alpha value is -0.490. The smallest absolute Gasteiger partial charge is 0.0440 e. The Morgan fingerprint density at radius 1 is 0.727 bits per heavy atom. The Kier molecular flexibility index (Phi) is 9.87. The number of benzene rings is 1. The normalized spacial score (nSPS) is 11.1. The number of hydrogen-bond acceptors (Lipinski definition) is 0. The molecule has 22 heavy (non-hydrogen) atoms. The molecule has 0 unspecified atom stereocenters. The van der Waals surface area contributed by atoms with E-state index in [1.807, 2.05) is 0 Å². The van der Waals surface area contributed by atoms with Crippen LogP contribution in [0.3, 0.4) is 0 Å². The van der Waals surface area contributed by atoms with Gasteiger partial charge in [-0.2, -0.15) is 0 Å². The van der Waals surface area contributed by atoms with Crippen molar-refractivity contribution in [1.82, 2.24) is 0 Å². The topological polar surface area (TPSA) is 0 Å². The summed E-state index contributed by atoms with van der Waals surface area (Å²) in [5, 5.41) is 0.935. The number of rotatable bonds is 11. The van der Waals surface area contributed by atoms with E-state index in [0.29, 0.717) is 0 Å². The van der Waals surface area contributed by atoms with Crippen LogP contribution in [0.2, 0.25) is 5.02 Å². The van der Waals surface area contributed by atoms with Crippen LogP contribution in [0.15, 0.2) is 6.07 Å². The fourth-order valence-corrected chi connectivity index (χ4v) is 3.51. The second-order valence-corrected chi connectivity index (χ2v) is 7.24. The minimum Gasteiger partial charge on any atom is -0.0840 e. The van der Waals surface area contributed by atoms with Gasteiger partial charge in [0.1, 0.15) is 0 Å². The van der Waals surface area contributed by atoms with Crippen LogP contribution >= 0.6 is 11.6 Å². The molecule has 0 amide bonds. The summed E-state index contributed by atoms with van der Waals surface area (Å²) in [6, 6.07) is 2.11. The zero-order chi connectivity index (χ0) is 16.4. The van der Waals surface area contributed by atoms with E-state index in [-0.39, 0.29) is 0 Å². The minimum absolute atomic E-state index is 0.935. The lowest BCUT2D eigenvalue weighted by atomic mass is 9.94. The highest BCUT2D eigenvalue weighted by atomic mass is 35.5. The van der Waals surface area contributed by atoms with Gasteiger partial charge in [0.25, 0.3) is 0 Å². The first kappa shape index (κ1) is 19.6. The average Bonchev–Trinajstić information content (AvgIpc) is 2.50. The van der Waals surface area contributed by atoms with E-state index in [2.05, 4.69) is 33.8 Å². The quantitative estimate of drug-likeness (QED) is 0.365. The van der Waals surface area contributed by atoms with Gasteiger partial charge in [-0.25, -0.2) is 0 Å². The fraction of sp³-hybridized carbons (Fsp3) is 0.714. The van der Waals surface area contributed by atoms with Gasteiger partial charge in [0.2, 0.25) is 0 Å². The lowest BCUT2D eigenvalue weighted by molar-refractivity contribution is 0.556. The molecule has 1 aromatic carbocycles. The van der Waals surface area contributed by atoms with E-state index in [1.54, 1.807) is 0 Å². The van der Waals surface area contributed by atoms with Gasteiger partial charge >= 0.3 is 0 Å². The zero-order valence-electron chi connectivity index (χ0n) is 15.2. The van der Waals surface area contributed by atoms with E-state index in [1.165, 1.54) is 92.9 Å². The summed E-state index contributed by atoms with van der Waals surface area (Å²) in [7, 11) is 0. The molecule has 0 aliphatic carbocycles. The summed E-state index contributed by atoms with van der Waals surface area (Å²) in [5.41, 5.74) is 5.56. The third-order valence-electron chi connectivity index (χ3n) is 4.98. The molecule has 126 valence electrons. The summed E-state index contributed by atoms with van der Waals surface area (Å²) >= 11 is 6.32. The Morgan fingerprint density at radius 2 is 1.23 bits per heavy atom. The molecule has 0 aliphatic rings. The highest BCUT2D eigenvalue weighted by Gasteiger charge is 2.08. The molecule has 0 aliphatic heterocycles. The van der Waals surface area contributed by atoms with Gasteiger partial charge in [0, 0.05) is 5.02 Å². The van der Waals surface area contributed by atoms with Gasteiger partial charge < -0.3 is 0 Å². The van der Waals surface area contributed by atoms with Crippen LogP contribution < -0.4 is 0 Å². The van der Waals surface area contributed by atoms with Gasteiger partial charge in [-0.3, -0.25) is 0 Å². The molecule has 0 N–H and O–H groups in total. The van der Waals surface area contributed by atoms with Gasteiger partial charge in [-0.15, -0.1) is 0 Å². The lowest BCUT2D eigenvalue weighted by Crippen LogP contribution is -1.98. The predicted octanol–water partition coefficient (Wildman–Crippen LogP) is 7.73. The first-order valence-corrected chi connectivity index (χ1v) is 9.70. The van der Waals surface area contributed by atoms with Crippen LogP contribution in [0.5, 0.6) is 0 Å². The van der Waals surface area contributed by atoms with Crippen molar-refractivity contribution in [3.8, 4) is 0 Å². The Balaban J connectivity index is 2.18. The molecule has 0 saturated carbocycles. The maximum Gasteiger partial charge on any atom is 0.0440 e. The highest BCUT2D eigenvalue weighted by molar-refractivity contribution is 6.31. The first-order chi connectivity index (χ1) is 10.6. The van der Waals surface area contributed by atoms with Crippen molar-refractivity contribution >= 4 is 11.6 Å². The number of aryl methyl sites for hydroxylation is 1. The van der Waals surface area contributed by atoms with Crippen molar-refractivity contribution in [1.29, 1.82) is 0 Å². The molecule has 0 fully saturated rings. The molecule has 0 saturated heterocycles. The van der Waals surface area contributed by atoms with Crippen LogP contribution in [0.4, 0.5) is 0 Å². The zero-order valence-corrected chi connectivity index (χ0v) is 16.0. The van der Waals surface area contributed by atoms with Crippen LogP contribution in [0, 0.1) is 20.8 Å². The number of hydrogen-bond donors (Lipinski definition) is 0. The summed E-state index contributed by atoms with van der Waals surface area (Å²) in [6.45, 7) is 8.86. The molecule has 0 bridgehead atoms. The molecular formula is C21H35Cl. The Morgan fingerprint density at radius 3 is 1.77 bits per heavy atom. The third-order valence-corrected chi connectivity index (χ3v) is 5.37. The molecule has 0 heterocycles. The maximum absolute atomic E-state index is 6.32. The van der Waals surface area contributed by atoms with Crippen LogP contribution in [0.25, 0.3) is 0 Å². The fourth-order valence-electron chi connectivity index (χ4n) is 3.23. The van der Waals surface area contributed by atoms with Crippen molar-refractivity contribution in [3.63, 3.8) is 0 Å².